The average Bonchev–Trinajstić information content (AvgIpc) is 2.62. The van der Waals surface area contributed by atoms with Crippen LogP contribution in [-0.4, -0.2) is 59.9 Å². The van der Waals surface area contributed by atoms with Gasteiger partial charge in [-0.05, 0) is 26.7 Å². The zero-order chi connectivity index (χ0) is 15.9. The zero-order valence-electron chi connectivity index (χ0n) is 14.1. The summed E-state index contributed by atoms with van der Waals surface area (Å²) in [6.07, 6.45) is 7.51. The van der Waals surface area contributed by atoms with E-state index in [9.17, 15) is 9.59 Å². The van der Waals surface area contributed by atoms with Crippen molar-refractivity contribution in [3.05, 3.63) is 0 Å². The predicted octanol–water partition coefficient (Wildman–Crippen LogP) is 1.77. The van der Waals surface area contributed by atoms with Gasteiger partial charge in [-0.15, -0.1) is 0 Å². The third kappa shape index (κ3) is 4.70. The molecule has 2 rings (SSSR count). The van der Waals surface area contributed by atoms with Crippen LogP contribution in [0.5, 0.6) is 0 Å². The molecule has 1 unspecified atom stereocenters. The monoisotopic (exact) mass is 309 g/mol. The third-order valence-electron chi connectivity index (χ3n) is 4.86. The van der Waals surface area contributed by atoms with Crippen LogP contribution in [-0.2, 0) is 9.59 Å². The van der Waals surface area contributed by atoms with Crippen molar-refractivity contribution < 1.29 is 9.59 Å². The molecule has 2 fully saturated rings. The first-order valence-electron chi connectivity index (χ1n) is 8.91. The van der Waals surface area contributed by atoms with Crippen LogP contribution in [0.15, 0.2) is 0 Å². The lowest BCUT2D eigenvalue weighted by Gasteiger charge is -2.38. The Kier molecular flexibility index (Phi) is 6.68. The van der Waals surface area contributed by atoms with Crippen molar-refractivity contribution in [1.29, 1.82) is 0 Å². The molecular formula is C17H31N3O2. The van der Waals surface area contributed by atoms with Crippen LogP contribution >= 0.6 is 0 Å². The molecule has 1 N–H and O–H groups in total. The van der Waals surface area contributed by atoms with E-state index in [0.29, 0.717) is 19.0 Å². The maximum atomic E-state index is 12.7. The molecular weight excluding hydrogens is 278 g/mol. The molecule has 2 aliphatic heterocycles. The van der Waals surface area contributed by atoms with E-state index in [1.807, 2.05) is 4.90 Å². The maximum absolute atomic E-state index is 12.7. The van der Waals surface area contributed by atoms with E-state index in [4.69, 9.17) is 0 Å². The van der Waals surface area contributed by atoms with Crippen LogP contribution in [0.25, 0.3) is 0 Å². The number of hydrogen-bond acceptors (Lipinski definition) is 3. The molecule has 0 aliphatic carbocycles. The van der Waals surface area contributed by atoms with Crippen LogP contribution in [0.1, 0.15) is 58.8 Å². The van der Waals surface area contributed by atoms with E-state index in [-0.39, 0.29) is 17.9 Å². The summed E-state index contributed by atoms with van der Waals surface area (Å²) >= 11 is 0. The summed E-state index contributed by atoms with van der Waals surface area (Å²) in [6.45, 7) is 7.42. The fraction of sp³-hybridized carbons (Fsp3) is 0.882. The number of carbonyl (C=O) groups is 2. The zero-order valence-corrected chi connectivity index (χ0v) is 14.1. The smallest absolute Gasteiger partial charge is 0.237 e. The quantitative estimate of drug-likeness (QED) is 0.864. The molecule has 5 nitrogen and oxygen atoms in total. The third-order valence-corrected chi connectivity index (χ3v) is 4.86. The summed E-state index contributed by atoms with van der Waals surface area (Å²) in [5.41, 5.74) is 0. The number of nitrogens with zero attached hydrogens (tertiary/aromatic N) is 2. The normalized spacial score (nSPS) is 25.3. The van der Waals surface area contributed by atoms with Crippen molar-refractivity contribution in [2.24, 2.45) is 0 Å². The Bertz CT molecular complexity index is 374. The lowest BCUT2D eigenvalue weighted by molar-refractivity contribution is -0.139. The predicted molar refractivity (Wildman–Crippen MR) is 87.5 cm³/mol. The van der Waals surface area contributed by atoms with Crippen LogP contribution in [0.3, 0.4) is 0 Å². The highest BCUT2D eigenvalue weighted by Crippen LogP contribution is 2.16. The number of piperazine rings is 1. The van der Waals surface area contributed by atoms with Crippen molar-refractivity contribution in [3.8, 4) is 0 Å². The summed E-state index contributed by atoms with van der Waals surface area (Å²) in [6, 6.07) is -0.00624. The number of nitrogens with one attached hydrogen (secondary N) is 1. The molecule has 0 aromatic carbocycles. The van der Waals surface area contributed by atoms with E-state index in [1.165, 1.54) is 25.7 Å². The molecule has 0 radical (unpaired) electrons. The van der Waals surface area contributed by atoms with Gasteiger partial charge in [0.25, 0.3) is 0 Å². The van der Waals surface area contributed by atoms with Gasteiger partial charge in [-0.2, -0.15) is 0 Å². The van der Waals surface area contributed by atoms with Gasteiger partial charge in [0.05, 0.1) is 12.5 Å². The largest absolute Gasteiger partial charge is 0.353 e. The van der Waals surface area contributed by atoms with Gasteiger partial charge in [0.1, 0.15) is 0 Å². The SMILES string of the molecule is CC(C)N1CCNC(=O)C1CC(=O)N1CCCCCCCC1. The molecule has 2 amide bonds. The minimum atomic E-state index is -0.297. The molecule has 0 spiro atoms. The average molecular weight is 309 g/mol. The highest BCUT2D eigenvalue weighted by Gasteiger charge is 2.34. The Labute approximate surface area is 134 Å². The van der Waals surface area contributed by atoms with E-state index in [1.54, 1.807) is 0 Å². The van der Waals surface area contributed by atoms with Gasteiger partial charge in [0, 0.05) is 32.2 Å². The molecule has 0 bridgehead atoms. The summed E-state index contributed by atoms with van der Waals surface area (Å²) < 4.78 is 0. The molecule has 126 valence electrons. The Morgan fingerprint density at radius 1 is 1.09 bits per heavy atom. The molecule has 22 heavy (non-hydrogen) atoms. The number of hydrogen-bond donors (Lipinski definition) is 1. The van der Waals surface area contributed by atoms with E-state index in [2.05, 4.69) is 24.1 Å². The molecule has 0 aromatic heterocycles. The first-order chi connectivity index (χ1) is 10.6. The van der Waals surface area contributed by atoms with Crippen molar-refractivity contribution in [3.63, 3.8) is 0 Å². The summed E-state index contributed by atoms with van der Waals surface area (Å²) in [5, 5.41) is 2.91. The van der Waals surface area contributed by atoms with E-state index in [0.717, 1.165) is 32.5 Å². The van der Waals surface area contributed by atoms with Crippen LogP contribution in [0, 0.1) is 0 Å². The number of rotatable bonds is 3. The van der Waals surface area contributed by atoms with Crippen molar-refractivity contribution in [1.82, 2.24) is 15.1 Å². The molecule has 5 heteroatoms. The van der Waals surface area contributed by atoms with E-state index >= 15 is 0 Å². The van der Waals surface area contributed by atoms with Gasteiger partial charge in [0.2, 0.25) is 11.8 Å². The topological polar surface area (TPSA) is 52.7 Å². The van der Waals surface area contributed by atoms with Crippen LogP contribution in [0.4, 0.5) is 0 Å². The number of amides is 2. The lowest BCUT2D eigenvalue weighted by Crippen LogP contribution is -2.58. The van der Waals surface area contributed by atoms with Crippen LogP contribution in [0.2, 0.25) is 0 Å². The Hall–Kier alpha value is -1.10. The minimum Gasteiger partial charge on any atom is -0.353 e. The molecule has 2 aliphatic rings. The Morgan fingerprint density at radius 3 is 2.27 bits per heavy atom. The van der Waals surface area contributed by atoms with Gasteiger partial charge >= 0.3 is 0 Å². The van der Waals surface area contributed by atoms with Crippen molar-refractivity contribution in [2.45, 2.75) is 70.9 Å². The van der Waals surface area contributed by atoms with Crippen molar-refractivity contribution >= 4 is 11.8 Å². The van der Waals surface area contributed by atoms with Gasteiger partial charge in [-0.1, -0.05) is 25.7 Å². The standard InChI is InChI=1S/C17H31N3O2/c1-14(2)20-12-9-18-17(22)15(20)13-16(21)19-10-7-5-3-4-6-8-11-19/h14-15H,3-13H2,1-2H3,(H,18,22). The first kappa shape index (κ1) is 17.3. The molecule has 2 saturated heterocycles. The highest BCUT2D eigenvalue weighted by atomic mass is 16.2. The lowest BCUT2D eigenvalue weighted by atomic mass is 10.1. The fourth-order valence-electron chi connectivity index (χ4n) is 3.53. The highest BCUT2D eigenvalue weighted by molar-refractivity contribution is 5.88. The number of carbonyl (C=O) groups excluding carboxylic acids is 2. The molecule has 1 atom stereocenters. The van der Waals surface area contributed by atoms with Crippen LogP contribution < -0.4 is 5.32 Å². The summed E-state index contributed by atoms with van der Waals surface area (Å²) in [4.78, 5) is 29.0. The molecule has 0 aromatic rings. The van der Waals surface area contributed by atoms with Gasteiger partial charge in [0.15, 0.2) is 0 Å². The Balaban J connectivity index is 1.96. The second-order valence-electron chi connectivity index (χ2n) is 6.84. The Morgan fingerprint density at radius 2 is 1.68 bits per heavy atom. The van der Waals surface area contributed by atoms with Crippen molar-refractivity contribution in [2.75, 3.05) is 26.2 Å². The van der Waals surface area contributed by atoms with Gasteiger partial charge in [-0.3, -0.25) is 14.5 Å². The fourth-order valence-corrected chi connectivity index (χ4v) is 3.53. The first-order valence-corrected chi connectivity index (χ1v) is 8.91. The van der Waals surface area contributed by atoms with E-state index < -0.39 is 0 Å². The second kappa shape index (κ2) is 8.51. The molecule has 2 heterocycles. The summed E-state index contributed by atoms with van der Waals surface area (Å²) in [7, 11) is 0. The van der Waals surface area contributed by atoms with Gasteiger partial charge < -0.3 is 10.2 Å². The van der Waals surface area contributed by atoms with Gasteiger partial charge in [-0.25, -0.2) is 0 Å². The second-order valence-corrected chi connectivity index (χ2v) is 6.84. The molecule has 0 saturated carbocycles. The summed E-state index contributed by atoms with van der Waals surface area (Å²) in [5.74, 6) is 0.159. The minimum absolute atomic E-state index is 0.0116. The maximum Gasteiger partial charge on any atom is 0.237 e.